The molecule has 0 heterocycles. The van der Waals surface area contributed by atoms with E-state index in [2.05, 4.69) is 53.0 Å². The first-order valence-corrected chi connectivity index (χ1v) is 8.27. The summed E-state index contributed by atoms with van der Waals surface area (Å²) in [4.78, 5) is 0. The summed E-state index contributed by atoms with van der Waals surface area (Å²) in [6.07, 6.45) is 0. The van der Waals surface area contributed by atoms with Gasteiger partial charge in [-0.2, -0.15) is 0 Å². The van der Waals surface area contributed by atoms with Gasteiger partial charge in [-0.1, -0.05) is 20.8 Å². The van der Waals surface area contributed by atoms with Gasteiger partial charge in [-0.15, -0.1) is 0 Å². The van der Waals surface area contributed by atoms with Crippen molar-refractivity contribution in [2.24, 2.45) is 0 Å². The third-order valence-electron chi connectivity index (χ3n) is 2.94. The first kappa shape index (κ1) is 14.1. The van der Waals surface area contributed by atoms with Crippen molar-refractivity contribution in [2.75, 3.05) is 13.6 Å². The zero-order valence-electron chi connectivity index (χ0n) is 11.1. The van der Waals surface area contributed by atoms with Gasteiger partial charge in [0.15, 0.2) is 8.32 Å². The summed E-state index contributed by atoms with van der Waals surface area (Å²) in [6, 6.07) is 0. The van der Waals surface area contributed by atoms with Crippen molar-refractivity contribution in [3.8, 4) is 0 Å². The lowest BCUT2D eigenvalue weighted by Crippen LogP contribution is -2.50. The second kappa shape index (κ2) is 4.33. The Balaban J connectivity index is 4.50. The van der Waals surface area contributed by atoms with E-state index in [1.807, 2.05) is 7.05 Å². The average Bonchev–Trinajstić information content (AvgIpc) is 1.80. The van der Waals surface area contributed by atoms with E-state index in [0.717, 1.165) is 6.54 Å². The Morgan fingerprint density at radius 3 is 1.79 bits per heavy atom. The van der Waals surface area contributed by atoms with E-state index >= 15 is 0 Å². The van der Waals surface area contributed by atoms with E-state index in [-0.39, 0.29) is 10.6 Å². The van der Waals surface area contributed by atoms with Crippen LogP contribution < -0.4 is 5.32 Å². The second-order valence-electron chi connectivity index (χ2n) is 6.15. The third kappa shape index (κ3) is 4.11. The van der Waals surface area contributed by atoms with Crippen LogP contribution in [-0.2, 0) is 4.43 Å². The van der Waals surface area contributed by atoms with E-state index < -0.39 is 8.32 Å². The van der Waals surface area contributed by atoms with Crippen LogP contribution in [0, 0.1) is 0 Å². The molecule has 0 aliphatic heterocycles. The lowest BCUT2D eigenvalue weighted by atomic mass is 10.1. The normalized spacial score (nSPS) is 14.6. The molecule has 0 saturated heterocycles. The van der Waals surface area contributed by atoms with Crippen LogP contribution in [0.25, 0.3) is 0 Å². The van der Waals surface area contributed by atoms with Gasteiger partial charge in [0.2, 0.25) is 0 Å². The van der Waals surface area contributed by atoms with Crippen molar-refractivity contribution < 1.29 is 4.43 Å². The van der Waals surface area contributed by atoms with Crippen LogP contribution in [0.5, 0.6) is 0 Å². The Kier molecular flexibility index (Phi) is 4.37. The molecule has 0 spiro atoms. The van der Waals surface area contributed by atoms with Crippen molar-refractivity contribution in [3.63, 3.8) is 0 Å². The van der Waals surface area contributed by atoms with Crippen molar-refractivity contribution in [1.82, 2.24) is 5.32 Å². The standard InChI is InChI=1S/C11H27NOSi/c1-10(2,3)14(7,8)13-11(4,5)9-12-6/h12H,9H2,1-8H3. The van der Waals surface area contributed by atoms with E-state index in [4.69, 9.17) is 4.43 Å². The van der Waals surface area contributed by atoms with Crippen molar-refractivity contribution in [2.45, 2.75) is 58.4 Å². The summed E-state index contributed by atoms with van der Waals surface area (Å²) >= 11 is 0. The van der Waals surface area contributed by atoms with Gasteiger partial charge >= 0.3 is 0 Å². The third-order valence-corrected chi connectivity index (χ3v) is 7.62. The van der Waals surface area contributed by atoms with E-state index in [9.17, 15) is 0 Å². The molecule has 0 radical (unpaired) electrons. The van der Waals surface area contributed by atoms with Crippen LogP contribution >= 0.6 is 0 Å². The molecule has 0 atom stereocenters. The van der Waals surface area contributed by atoms with E-state index in [0.29, 0.717) is 0 Å². The van der Waals surface area contributed by atoms with Gasteiger partial charge in [0.05, 0.1) is 5.60 Å². The SMILES string of the molecule is CNCC(C)(C)O[Si](C)(C)C(C)(C)C. The maximum Gasteiger partial charge on any atom is 0.192 e. The van der Waals surface area contributed by atoms with Gasteiger partial charge in [-0.25, -0.2) is 0 Å². The minimum Gasteiger partial charge on any atom is -0.411 e. The molecule has 0 bridgehead atoms. The van der Waals surface area contributed by atoms with Crippen LogP contribution in [0.4, 0.5) is 0 Å². The predicted molar refractivity (Wildman–Crippen MR) is 66.3 cm³/mol. The zero-order chi connectivity index (χ0) is 11.6. The lowest BCUT2D eigenvalue weighted by Gasteiger charge is -2.42. The molecule has 0 aliphatic carbocycles. The molecule has 0 aromatic rings. The Morgan fingerprint density at radius 1 is 1.07 bits per heavy atom. The highest BCUT2D eigenvalue weighted by molar-refractivity contribution is 6.74. The fourth-order valence-corrected chi connectivity index (χ4v) is 3.07. The highest BCUT2D eigenvalue weighted by Gasteiger charge is 2.41. The number of likely N-dealkylation sites (N-methyl/N-ethyl adjacent to an activating group) is 1. The molecular weight excluding hydrogens is 190 g/mol. The average molecular weight is 217 g/mol. The highest BCUT2D eigenvalue weighted by atomic mass is 28.4. The fraction of sp³-hybridized carbons (Fsp3) is 1.00. The summed E-state index contributed by atoms with van der Waals surface area (Å²) < 4.78 is 6.31. The summed E-state index contributed by atoms with van der Waals surface area (Å²) in [6.45, 7) is 16.6. The van der Waals surface area contributed by atoms with Crippen molar-refractivity contribution in [1.29, 1.82) is 0 Å². The summed E-state index contributed by atoms with van der Waals surface area (Å²) in [7, 11) is 0.351. The van der Waals surface area contributed by atoms with E-state index in [1.54, 1.807) is 0 Å². The molecule has 86 valence electrons. The Bertz CT molecular complexity index is 182. The molecule has 0 aromatic heterocycles. The van der Waals surface area contributed by atoms with Crippen LogP contribution in [0.3, 0.4) is 0 Å². The number of hydrogen-bond acceptors (Lipinski definition) is 2. The smallest absolute Gasteiger partial charge is 0.192 e. The Morgan fingerprint density at radius 2 is 1.50 bits per heavy atom. The topological polar surface area (TPSA) is 21.3 Å². The molecule has 0 aliphatic rings. The molecular formula is C11H27NOSi. The number of nitrogens with one attached hydrogen (secondary N) is 1. The van der Waals surface area contributed by atoms with Gasteiger partial charge in [0, 0.05) is 6.54 Å². The van der Waals surface area contributed by atoms with Gasteiger partial charge < -0.3 is 9.74 Å². The van der Waals surface area contributed by atoms with Gasteiger partial charge in [0.1, 0.15) is 0 Å². The van der Waals surface area contributed by atoms with Crippen LogP contribution in [0.1, 0.15) is 34.6 Å². The highest BCUT2D eigenvalue weighted by Crippen LogP contribution is 2.38. The minimum atomic E-state index is -1.62. The lowest BCUT2D eigenvalue weighted by molar-refractivity contribution is 0.0929. The number of rotatable bonds is 4. The first-order valence-electron chi connectivity index (χ1n) is 5.37. The molecule has 3 heteroatoms. The first-order chi connectivity index (χ1) is 6.02. The monoisotopic (exact) mass is 217 g/mol. The van der Waals surface area contributed by atoms with Crippen LogP contribution in [0.2, 0.25) is 18.1 Å². The molecule has 0 unspecified atom stereocenters. The van der Waals surface area contributed by atoms with Crippen LogP contribution in [0.15, 0.2) is 0 Å². The molecule has 0 fully saturated rings. The number of hydrogen-bond donors (Lipinski definition) is 1. The summed E-state index contributed by atoms with van der Waals surface area (Å²) in [5.41, 5.74) is -0.0578. The zero-order valence-corrected chi connectivity index (χ0v) is 12.1. The maximum atomic E-state index is 6.31. The second-order valence-corrected chi connectivity index (χ2v) is 10.9. The molecule has 2 nitrogen and oxygen atoms in total. The van der Waals surface area contributed by atoms with Gasteiger partial charge in [-0.3, -0.25) is 0 Å². The molecule has 14 heavy (non-hydrogen) atoms. The molecule has 0 amide bonds. The Labute approximate surface area is 90.6 Å². The molecule has 0 rings (SSSR count). The summed E-state index contributed by atoms with van der Waals surface area (Å²) in [5.74, 6) is 0. The molecule has 1 N–H and O–H groups in total. The van der Waals surface area contributed by atoms with Crippen LogP contribution in [-0.4, -0.2) is 27.5 Å². The Hall–Kier alpha value is 0.137. The summed E-state index contributed by atoms with van der Waals surface area (Å²) in [5, 5.41) is 3.47. The van der Waals surface area contributed by atoms with Crippen molar-refractivity contribution in [3.05, 3.63) is 0 Å². The predicted octanol–water partition coefficient (Wildman–Crippen LogP) is 3.01. The molecule has 0 aromatic carbocycles. The molecule has 0 saturated carbocycles. The largest absolute Gasteiger partial charge is 0.411 e. The van der Waals surface area contributed by atoms with E-state index in [1.165, 1.54) is 0 Å². The maximum absolute atomic E-state index is 6.31. The van der Waals surface area contributed by atoms with Gasteiger partial charge in [0.25, 0.3) is 0 Å². The van der Waals surface area contributed by atoms with Gasteiger partial charge in [-0.05, 0) is 39.0 Å². The minimum absolute atomic E-state index is 0.0578. The quantitative estimate of drug-likeness (QED) is 0.731. The fourth-order valence-electron chi connectivity index (χ4n) is 1.31. The van der Waals surface area contributed by atoms with Crippen molar-refractivity contribution >= 4 is 8.32 Å².